The van der Waals surface area contributed by atoms with E-state index in [0.717, 1.165) is 6.20 Å². The number of aromatic nitrogens is 4. The second kappa shape index (κ2) is 6.27. The van der Waals surface area contributed by atoms with Gasteiger partial charge in [-0.25, -0.2) is 14.2 Å². The summed E-state index contributed by atoms with van der Waals surface area (Å²) in [4.78, 5) is 18.6. The van der Waals surface area contributed by atoms with Gasteiger partial charge in [0.2, 0.25) is 0 Å². The van der Waals surface area contributed by atoms with Crippen LogP contribution in [0.15, 0.2) is 11.2 Å². The number of nitro groups is 1. The molecule has 0 spiro atoms. The lowest BCUT2D eigenvalue weighted by atomic mass is 10.2. The summed E-state index contributed by atoms with van der Waals surface area (Å²) in [7, 11) is 3.12. The summed E-state index contributed by atoms with van der Waals surface area (Å²) < 4.78 is 7.95. The molecular weight excluding hydrogens is 302 g/mol. The highest BCUT2D eigenvalue weighted by molar-refractivity contribution is 5.79. The van der Waals surface area contributed by atoms with E-state index in [9.17, 15) is 15.4 Å². The van der Waals surface area contributed by atoms with Gasteiger partial charge in [-0.15, -0.1) is 0 Å². The van der Waals surface area contributed by atoms with Gasteiger partial charge in [-0.05, 0) is 11.8 Å². The Kier molecular flexibility index (Phi) is 4.40. The van der Waals surface area contributed by atoms with Gasteiger partial charge < -0.3 is 14.9 Å². The molecule has 0 saturated carbocycles. The van der Waals surface area contributed by atoms with Crippen molar-refractivity contribution in [3.8, 4) is 17.6 Å². The highest BCUT2D eigenvalue weighted by atomic mass is 16.6. The maximum Gasteiger partial charge on any atom is 0.342 e. The third-order valence-corrected chi connectivity index (χ3v) is 3.11. The van der Waals surface area contributed by atoms with Crippen molar-refractivity contribution in [2.45, 2.75) is 13.8 Å². The molecule has 0 aromatic carbocycles. The van der Waals surface area contributed by atoms with Crippen LogP contribution in [-0.4, -0.2) is 36.8 Å². The van der Waals surface area contributed by atoms with E-state index < -0.39 is 4.92 Å². The molecule has 10 nitrogen and oxygen atoms in total. The maximum absolute atomic E-state index is 10.9. The number of hydrogen-bond acceptors (Lipinski definition) is 7. The van der Waals surface area contributed by atoms with Crippen LogP contribution in [0.25, 0.3) is 11.5 Å². The summed E-state index contributed by atoms with van der Waals surface area (Å²) >= 11 is 0. The van der Waals surface area contributed by atoms with E-state index in [1.165, 1.54) is 16.3 Å². The number of hydrogen-bond donors (Lipinski definition) is 0. The SMILES string of the molecule is CCOC(C)=Nc1c(C#N)c(-c2ncc([N+](=O)[O-])n2C)nn1C. The quantitative estimate of drug-likeness (QED) is 0.366. The average Bonchev–Trinajstić information content (AvgIpc) is 3.00. The molecule has 0 aliphatic rings. The zero-order chi connectivity index (χ0) is 17.1. The van der Waals surface area contributed by atoms with Gasteiger partial charge in [0.1, 0.15) is 17.8 Å². The first-order valence-electron chi connectivity index (χ1n) is 6.72. The minimum Gasteiger partial charge on any atom is -0.481 e. The van der Waals surface area contributed by atoms with E-state index >= 15 is 0 Å². The molecule has 0 bridgehead atoms. The predicted octanol–water partition coefficient (Wildman–Crippen LogP) is 1.69. The third-order valence-electron chi connectivity index (χ3n) is 3.11. The Hall–Kier alpha value is -3.22. The van der Waals surface area contributed by atoms with Crippen molar-refractivity contribution >= 4 is 17.5 Å². The molecule has 0 amide bonds. The second-order valence-corrected chi connectivity index (χ2v) is 4.60. The lowest BCUT2D eigenvalue weighted by molar-refractivity contribution is -0.391. The first-order valence-corrected chi connectivity index (χ1v) is 6.72. The van der Waals surface area contributed by atoms with E-state index in [1.54, 1.807) is 14.0 Å². The molecule has 0 atom stereocenters. The number of imidazole rings is 1. The van der Waals surface area contributed by atoms with Crippen molar-refractivity contribution in [3.63, 3.8) is 0 Å². The Morgan fingerprint density at radius 1 is 1.57 bits per heavy atom. The number of aliphatic imine (C=N–C) groups is 1. The molecule has 2 rings (SSSR count). The van der Waals surface area contributed by atoms with Gasteiger partial charge in [0.25, 0.3) is 5.82 Å². The molecule has 0 saturated heterocycles. The van der Waals surface area contributed by atoms with E-state index in [2.05, 4.69) is 15.1 Å². The first kappa shape index (κ1) is 16.2. The van der Waals surface area contributed by atoms with Crippen molar-refractivity contribution in [2.24, 2.45) is 19.1 Å². The van der Waals surface area contributed by atoms with E-state index in [0.29, 0.717) is 18.3 Å². The monoisotopic (exact) mass is 317 g/mol. The molecule has 0 N–H and O–H groups in total. The summed E-state index contributed by atoms with van der Waals surface area (Å²) in [5.74, 6) is 0.730. The molecular formula is C13H15N7O3. The van der Waals surface area contributed by atoms with Gasteiger partial charge in [-0.1, -0.05) is 0 Å². The molecule has 2 heterocycles. The lowest BCUT2D eigenvalue weighted by Crippen LogP contribution is -2.00. The van der Waals surface area contributed by atoms with Gasteiger partial charge in [-0.3, -0.25) is 0 Å². The zero-order valence-electron chi connectivity index (χ0n) is 13.1. The van der Waals surface area contributed by atoms with Gasteiger partial charge in [-0.2, -0.15) is 15.4 Å². The Morgan fingerprint density at radius 2 is 2.26 bits per heavy atom. The highest BCUT2D eigenvalue weighted by Crippen LogP contribution is 2.30. The van der Waals surface area contributed by atoms with Crippen molar-refractivity contribution in [1.29, 1.82) is 5.26 Å². The van der Waals surface area contributed by atoms with Crippen molar-refractivity contribution in [1.82, 2.24) is 19.3 Å². The van der Waals surface area contributed by atoms with Crippen LogP contribution in [0.2, 0.25) is 0 Å². The van der Waals surface area contributed by atoms with Gasteiger partial charge in [0, 0.05) is 14.0 Å². The van der Waals surface area contributed by atoms with Crippen LogP contribution in [0.1, 0.15) is 19.4 Å². The Balaban J connectivity index is 2.60. The summed E-state index contributed by atoms with van der Waals surface area (Å²) in [6.07, 6.45) is 1.12. The van der Waals surface area contributed by atoms with Crippen molar-refractivity contribution < 1.29 is 9.66 Å². The van der Waals surface area contributed by atoms with Gasteiger partial charge in [0.05, 0.1) is 13.7 Å². The molecule has 0 unspecified atom stereocenters. The summed E-state index contributed by atoms with van der Waals surface area (Å²) in [6, 6.07) is 2.03. The molecule has 10 heteroatoms. The molecule has 0 aliphatic heterocycles. The number of rotatable bonds is 4. The fourth-order valence-electron chi connectivity index (χ4n) is 2.08. The van der Waals surface area contributed by atoms with Crippen molar-refractivity contribution in [3.05, 3.63) is 21.9 Å². The third kappa shape index (κ3) is 2.89. The smallest absolute Gasteiger partial charge is 0.342 e. The Bertz CT molecular complexity index is 825. The molecule has 0 radical (unpaired) electrons. The Labute approximate surface area is 131 Å². The normalized spacial score (nSPS) is 11.3. The minimum atomic E-state index is -0.552. The van der Waals surface area contributed by atoms with Crippen LogP contribution in [0, 0.1) is 21.4 Å². The molecule has 0 aliphatic carbocycles. The van der Waals surface area contributed by atoms with Crippen LogP contribution in [0.4, 0.5) is 11.6 Å². The van der Waals surface area contributed by atoms with E-state index in [-0.39, 0.29) is 22.9 Å². The number of nitrogens with zero attached hydrogens (tertiary/aromatic N) is 7. The summed E-state index contributed by atoms with van der Waals surface area (Å²) in [5, 5.41) is 24.6. The van der Waals surface area contributed by atoms with Crippen molar-refractivity contribution in [2.75, 3.05) is 6.61 Å². The fourth-order valence-corrected chi connectivity index (χ4v) is 2.08. The van der Waals surface area contributed by atoms with Crippen LogP contribution in [0.3, 0.4) is 0 Å². The van der Waals surface area contributed by atoms with Crippen LogP contribution < -0.4 is 0 Å². The van der Waals surface area contributed by atoms with Gasteiger partial charge >= 0.3 is 5.82 Å². The molecule has 2 aromatic rings. The predicted molar refractivity (Wildman–Crippen MR) is 81.2 cm³/mol. The van der Waals surface area contributed by atoms with Crippen LogP contribution >= 0.6 is 0 Å². The summed E-state index contributed by atoms with van der Waals surface area (Å²) in [5.41, 5.74) is 0.406. The first-order chi connectivity index (χ1) is 10.9. The molecule has 2 aromatic heterocycles. The lowest BCUT2D eigenvalue weighted by Gasteiger charge is -2.01. The Morgan fingerprint density at radius 3 is 2.78 bits per heavy atom. The number of ether oxygens (including phenoxy) is 1. The minimum absolute atomic E-state index is 0.176. The largest absolute Gasteiger partial charge is 0.481 e. The van der Waals surface area contributed by atoms with Crippen LogP contribution in [0.5, 0.6) is 0 Å². The molecule has 120 valence electrons. The highest BCUT2D eigenvalue weighted by Gasteiger charge is 2.26. The molecule has 0 fully saturated rings. The van der Waals surface area contributed by atoms with Gasteiger partial charge in [0.15, 0.2) is 17.4 Å². The average molecular weight is 317 g/mol. The maximum atomic E-state index is 10.9. The summed E-state index contributed by atoms with van der Waals surface area (Å²) in [6.45, 7) is 3.95. The zero-order valence-corrected chi connectivity index (χ0v) is 13.1. The van der Waals surface area contributed by atoms with E-state index in [4.69, 9.17) is 4.74 Å². The number of nitriles is 1. The topological polar surface area (TPSA) is 124 Å². The van der Waals surface area contributed by atoms with Crippen LogP contribution in [-0.2, 0) is 18.8 Å². The molecule has 23 heavy (non-hydrogen) atoms. The second-order valence-electron chi connectivity index (χ2n) is 4.60. The number of aryl methyl sites for hydroxylation is 1. The van der Waals surface area contributed by atoms with E-state index in [1.807, 2.05) is 13.0 Å². The fraction of sp³-hybridized carbons (Fsp3) is 0.385. The standard InChI is InChI=1S/C13H15N7O3/c1-5-23-8(2)16-12-9(6-14)11(17-19(12)4)13-15-7-10(18(13)3)20(21)22/h7H,5H2,1-4H3.